The van der Waals surface area contributed by atoms with Gasteiger partial charge in [0.2, 0.25) is 0 Å². The number of fused-ring (bicyclic) bond motifs is 1. The molecule has 0 atom stereocenters. The molecule has 17 heavy (non-hydrogen) atoms. The number of ether oxygens (including phenoxy) is 1. The predicted octanol–water partition coefficient (Wildman–Crippen LogP) is 1.58. The first-order valence-corrected chi connectivity index (χ1v) is 5.73. The van der Waals surface area contributed by atoms with Gasteiger partial charge in [-0.05, 0) is 31.0 Å². The van der Waals surface area contributed by atoms with Crippen LogP contribution in [0.2, 0.25) is 0 Å². The molecule has 92 valence electrons. The third-order valence-corrected chi connectivity index (χ3v) is 3.09. The van der Waals surface area contributed by atoms with Crippen LogP contribution in [0.25, 0.3) is 0 Å². The Balaban J connectivity index is 2.24. The lowest BCUT2D eigenvalue weighted by molar-refractivity contribution is -0.138. The Labute approximate surface area is 101 Å². The van der Waals surface area contributed by atoms with Gasteiger partial charge in [0.25, 0.3) is 0 Å². The maximum Gasteiger partial charge on any atom is 0.317 e. The molecule has 0 unspecified atom stereocenters. The number of rotatable bonds is 2. The standard InChI is InChI=1S/C13H17NO3/c1-9-5-11-7-14(8-13(15)16)3-4-17-12(11)6-10(9)2/h5-6H,3-4,7-8H2,1-2H3,(H,15,16). The largest absolute Gasteiger partial charge is 0.492 e. The Hall–Kier alpha value is -1.55. The lowest BCUT2D eigenvalue weighted by Crippen LogP contribution is -2.31. The molecular weight excluding hydrogens is 218 g/mol. The topological polar surface area (TPSA) is 49.8 Å². The average Bonchev–Trinajstić information content (AvgIpc) is 2.40. The highest BCUT2D eigenvalue weighted by molar-refractivity contribution is 5.69. The average molecular weight is 235 g/mol. The van der Waals surface area contributed by atoms with Crippen molar-refractivity contribution < 1.29 is 14.6 Å². The fourth-order valence-electron chi connectivity index (χ4n) is 2.04. The van der Waals surface area contributed by atoms with Gasteiger partial charge in [-0.1, -0.05) is 6.07 Å². The fourth-order valence-corrected chi connectivity index (χ4v) is 2.04. The van der Waals surface area contributed by atoms with Crippen molar-refractivity contribution in [2.75, 3.05) is 19.7 Å². The first kappa shape index (κ1) is 11.9. The molecule has 1 heterocycles. The minimum atomic E-state index is -0.794. The van der Waals surface area contributed by atoms with Crippen molar-refractivity contribution in [3.63, 3.8) is 0 Å². The van der Waals surface area contributed by atoms with Crippen molar-refractivity contribution >= 4 is 5.97 Å². The van der Waals surface area contributed by atoms with Crippen LogP contribution in [0.5, 0.6) is 5.75 Å². The highest BCUT2D eigenvalue weighted by Crippen LogP contribution is 2.26. The van der Waals surface area contributed by atoms with E-state index in [0.29, 0.717) is 19.7 Å². The van der Waals surface area contributed by atoms with Gasteiger partial charge in [-0.15, -0.1) is 0 Å². The normalized spacial score (nSPS) is 15.9. The van der Waals surface area contributed by atoms with E-state index in [1.165, 1.54) is 11.1 Å². The molecular formula is C13H17NO3. The second-order valence-electron chi connectivity index (χ2n) is 4.50. The van der Waals surface area contributed by atoms with Gasteiger partial charge in [0.1, 0.15) is 12.4 Å². The van der Waals surface area contributed by atoms with Crippen LogP contribution in [-0.2, 0) is 11.3 Å². The summed E-state index contributed by atoms with van der Waals surface area (Å²) >= 11 is 0. The van der Waals surface area contributed by atoms with E-state index < -0.39 is 5.97 Å². The van der Waals surface area contributed by atoms with Crippen LogP contribution < -0.4 is 4.74 Å². The summed E-state index contributed by atoms with van der Waals surface area (Å²) in [7, 11) is 0. The molecule has 1 aromatic carbocycles. The van der Waals surface area contributed by atoms with Crippen molar-refractivity contribution in [3.05, 3.63) is 28.8 Å². The second-order valence-corrected chi connectivity index (χ2v) is 4.50. The van der Waals surface area contributed by atoms with E-state index in [9.17, 15) is 4.79 Å². The highest BCUT2D eigenvalue weighted by Gasteiger charge is 2.17. The summed E-state index contributed by atoms with van der Waals surface area (Å²) in [6, 6.07) is 4.12. The van der Waals surface area contributed by atoms with Gasteiger partial charge in [-0.2, -0.15) is 0 Å². The van der Waals surface area contributed by atoms with Crippen LogP contribution in [0.15, 0.2) is 12.1 Å². The maximum atomic E-state index is 10.7. The number of hydrogen-bond donors (Lipinski definition) is 1. The number of aliphatic carboxylic acids is 1. The van der Waals surface area contributed by atoms with Crippen molar-refractivity contribution in [3.8, 4) is 5.75 Å². The molecule has 0 aliphatic carbocycles. The molecule has 0 bridgehead atoms. The van der Waals surface area contributed by atoms with Crippen LogP contribution in [0.4, 0.5) is 0 Å². The Morgan fingerprint density at radius 1 is 1.41 bits per heavy atom. The molecule has 1 aliphatic heterocycles. The van der Waals surface area contributed by atoms with E-state index in [1.807, 2.05) is 11.0 Å². The Morgan fingerprint density at radius 2 is 2.12 bits per heavy atom. The van der Waals surface area contributed by atoms with Crippen molar-refractivity contribution in [2.24, 2.45) is 0 Å². The third-order valence-electron chi connectivity index (χ3n) is 3.09. The number of carbonyl (C=O) groups is 1. The van der Waals surface area contributed by atoms with Gasteiger partial charge in [-0.25, -0.2) is 0 Å². The van der Waals surface area contributed by atoms with Crippen LogP contribution in [0.3, 0.4) is 0 Å². The van der Waals surface area contributed by atoms with Gasteiger partial charge in [0, 0.05) is 18.7 Å². The zero-order chi connectivity index (χ0) is 12.4. The van der Waals surface area contributed by atoms with Gasteiger partial charge < -0.3 is 9.84 Å². The molecule has 4 nitrogen and oxygen atoms in total. The van der Waals surface area contributed by atoms with Crippen LogP contribution >= 0.6 is 0 Å². The summed E-state index contributed by atoms with van der Waals surface area (Å²) in [6.45, 7) is 6.02. The molecule has 1 N–H and O–H groups in total. The molecule has 2 rings (SSSR count). The molecule has 4 heteroatoms. The summed E-state index contributed by atoms with van der Waals surface area (Å²) in [5.41, 5.74) is 3.49. The first-order chi connectivity index (χ1) is 8.06. The number of carboxylic acid groups (broad SMARTS) is 1. The molecule has 0 amide bonds. The number of aryl methyl sites for hydroxylation is 2. The quantitative estimate of drug-likeness (QED) is 0.845. The van der Waals surface area contributed by atoms with E-state index in [4.69, 9.17) is 9.84 Å². The van der Waals surface area contributed by atoms with E-state index in [-0.39, 0.29) is 6.54 Å². The molecule has 0 fully saturated rings. The lowest BCUT2D eigenvalue weighted by Gasteiger charge is -2.16. The molecule has 0 saturated carbocycles. The highest BCUT2D eigenvalue weighted by atomic mass is 16.5. The Bertz CT molecular complexity index is 443. The fraction of sp³-hybridized carbons (Fsp3) is 0.462. The molecule has 0 saturated heterocycles. The number of nitrogens with zero attached hydrogens (tertiary/aromatic N) is 1. The van der Waals surface area contributed by atoms with Crippen molar-refractivity contribution in [2.45, 2.75) is 20.4 Å². The minimum absolute atomic E-state index is 0.0652. The van der Waals surface area contributed by atoms with Crippen molar-refractivity contribution in [1.29, 1.82) is 0 Å². The van der Waals surface area contributed by atoms with E-state index >= 15 is 0 Å². The zero-order valence-corrected chi connectivity index (χ0v) is 10.2. The summed E-state index contributed by atoms with van der Waals surface area (Å²) in [6.07, 6.45) is 0. The second kappa shape index (κ2) is 4.75. The number of benzene rings is 1. The molecule has 1 aromatic rings. The minimum Gasteiger partial charge on any atom is -0.492 e. The maximum absolute atomic E-state index is 10.7. The summed E-state index contributed by atoms with van der Waals surface area (Å²) in [5, 5.41) is 8.82. The third kappa shape index (κ3) is 2.77. The Kier molecular flexibility index (Phi) is 3.33. The molecule has 1 aliphatic rings. The van der Waals surface area contributed by atoms with Crippen molar-refractivity contribution in [1.82, 2.24) is 4.90 Å². The van der Waals surface area contributed by atoms with E-state index in [0.717, 1.165) is 11.3 Å². The number of hydrogen-bond acceptors (Lipinski definition) is 3. The van der Waals surface area contributed by atoms with Gasteiger partial charge in [0.15, 0.2) is 0 Å². The molecule has 0 radical (unpaired) electrons. The van der Waals surface area contributed by atoms with E-state index in [2.05, 4.69) is 19.9 Å². The van der Waals surface area contributed by atoms with Gasteiger partial charge in [0.05, 0.1) is 6.54 Å². The smallest absolute Gasteiger partial charge is 0.317 e. The van der Waals surface area contributed by atoms with Crippen LogP contribution in [-0.4, -0.2) is 35.7 Å². The van der Waals surface area contributed by atoms with Gasteiger partial charge in [-0.3, -0.25) is 9.69 Å². The molecule has 0 spiro atoms. The summed E-state index contributed by atoms with van der Waals surface area (Å²) in [4.78, 5) is 12.6. The predicted molar refractivity (Wildman–Crippen MR) is 64.3 cm³/mol. The summed E-state index contributed by atoms with van der Waals surface area (Å²) in [5.74, 6) is 0.0956. The zero-order valence-electron chi connectivity index (χ0n) is 10.2. The van der Waals surface area contributed by atoms with Crippen LogP contribution in [0.1, 0.15) is 16.7 Å². The number of carboxylic acids is 1. The SMILES string of the molecule is Cc1cc2c(cc1C)OCCN(CC(=O)O)C2. The summed E-state index contributed by atoms with van der Waals surface area (Å²) < 4.78 is 5.66. The lowest BCUT2D eigenvalue weighted by atomic mass is 10.0. The van der Waals surface area contributed by atoms with E-state index in [1.54, 1.807) is 0 Å². The van der Waals surface area contributed by atoms with Gasteiger partial charge >= 0.3 is 5.97 Å². The first-order valence-electron chi connectivity index (χ1n) is 5.73. The molecule has 0 aromatic heterocycles. The monoisotopic (exact) mass is 235 g/mol. The van der Waals surface area contributed by atoms with Crippen LogP contribution in [0, 0.1) is 13.8 Å². The Morgan fingerprint density at radius 3 is 2.82 bits per heavy atom.